The van der Waals surface area contributed by atoms with Crippen molar-refractivity contribution in [1.29, 1.82) is 0 Å². The summed E-state index contributed by atoms with van der Waals surface area (Å²) in [6.07, 6.45) is 0. The lowest BCUT2D eigenvalue weighted by Gasteiger charge is -2.34. The molecule has 128 valence electrons. The Kier molecular flexibility index (Phi) is 6.01. The first kappa shape index (κ1) is 17.1. The number of nitrogens with one attached hydrogen (secondary N) is 1. The molecule has 4 nitrogen and oxygen atoms in total. The highest BCUT2D eigenvalue weighted by atomic mass is 32.1. The zero-order chi connectivity index (χ0) is 16.8. The first-order chi connectivity index (χ1) is 11.7. The van der Waals surface area contributed by atoms with E-state index in [0.717, 1.165) is 32.7 Å². The van der Waals surface area contributed by atoms with Crippen LogP contribution in [0.2, 0.25) is 0 Å². The van der Waals surface area contributed by atoms with E-state index in [1.54, 1.807) is 0 Å². The first-order valence-electron chi connectivity index (χ1n) is 8.49. The molecule has 1 saturated heterocycles. The molecule has 1 aliphatic rings. The van der Waals surface area contributed by atoms with Crippen LogP contribution in [0.15, 0.2) is 41.8 Å². The lowest BCUT2D eigenvalue weighted by Crippen LogP contribution is -2.48. The quantitative estimate of drug-likeness (QED) is 0.875. The molecule has 0 radical (unpaired) electrons. The highest BCUT2D eigenvalue weighted by Crippen LogP contribution is 2.13. The van der Waals surface area contributed by atoms with Crippen LogP contribution in [0.3, 0.4) is 0 Å². The smallest absolute Gasteiger partial charge is 0.234 e. The highest BCUT2D eigenvalue weighted by molar-refractivity contribution is 7.09. The van der Waals surface area contributed by atoms with E-state index in [1.165, 1.54) is 16.0 Å². The Morgan fingerprint density at radius 1 is 1.08 bits per heavy atom. The third kappa shape index (κ3) is 4.90. The summed E-state index contributed by atoms with van der Waals surface area (Å²) in [6.45, 7) is 8.21. The monoisotopic (exact) mass is 343 g/mol. The summed E-state index contributed by atoms with van der Waals surface area (Å²) in [5.41, 5.74) is 2.41. The zero-order valence-electron chi connectivity index (χ0n) is 14.2. The number of thiophene rings is 1. The molecule has 1 N–H and O–H groups in total. The van der Waals surface area contributed by atoms with Gasteiger partial charge in [0, 0.05) is 44.1 Å². The maximum absolute atomic E-state index is 12.2. The van der Waals surface area contributed by atoms with Crippen LogP contribution in [0, 0.1) is 6.92 Å². The third-order valence-electron chi connectivity index (χ3n) is 4.53. The van der Waals surface area contributed by atoms with Crippen LogP contribution in [-0.2, 0) is 17.9 Å². The van der Waals surface area contributed by atoms with E-state index in [-0.39, 0.29) is 5.91 Å². The van der Waals surface area contributed by atoms with E-state index >= 15 is 0 Å². The maximum Gasteiger partial charge on any atom is 0.234 e. The van der Waals surface area contributed by atoms with Crippen LogP contribution in [0.1, 0.15) is 16.0 Å². The number of hydrogen-bond acceptors (Lipinski definition) is 4. The molecule has 1 aliphatic heterocycles. The van der Waals surface area contributed by atoms with Gasteiger partial charge in [0.05, 0.1) is 6.54 Å². The molecule has 1 aromatic carbocycles. The Bertz CT molecular complexity index is 648. The molecule has 1 amide bonds. The fraction of sp³-hybridized carbons (Fsp3) is 0.421. The molecule has 0 bridgehead atoms. The molecule has 0 aliphatic carbocycles. The molecular weight excluding hydrogens is 318 g/mol. The van der Waals surface area contributed by atoms with Crippen molar-refractivity contribution in [2.75, 3.05) is 32.7 Å². The number of benzene rings is 1. The Balaban J connectivity index is 1.38. The normalized spacial score (nSPS) is 16.2. The van der Waals surface area contributed by atoms with E-state index in [2.05, 4.69) is 51.7 Å². The molecular formula is C19H25N3OS. The summed E-state index contributed by atoms with van der Waals surface area (Å²) in [4.78, 5) is 18.3. The molecule has 5 heteroatoms. The van der Waals surface area contributed by atoms with Gasteiger partial charge in [0.2, 0.25) is 5.91 Å². The van der Waals surface area contributed by atoms with E-state index in [0.29, 0.717) is 13.1 Å². The van der Waals surface area contributed by atoms with Crippen LogP contribution >= 0.6 is 11.3 Å². The summed E-state index contributed by atoms with van der Waals surface area (Å²) >= 11 is 1.81. The molecule has 0 unspecified atom stereocenters. The fourth-order valence-corrected chi connectivity index (χ4v) is 3.74. The number of hydrogen-bond donors (Lipinski definition) is 1. The third-order valence-corrected chi connectivity index (χ3v) is 5.39. The second-order valence-electron chi connectivity index (χ2n) is 6.33. The fourth-order valence-electron chi connectivity index (χ4n) is 2.99. The van der Waals surface area contributed by atoms with Crippen molar-refractivity contribution in [3.05, 3.63) is 57.8 Å². The topological polar surface area (TPSA) is 35.6 Å². The summed E-state index contributed by atoms with van der Waals surface area (Å²) in [5, 5.41) is 5.17. The first-order valence-corrected chi connectivity index (χ1v) is 9.37. The van der Waals surface area contributed by atoms with Gasteiger partial charge in [-0.15, -0.1) is 11.3 Å². The molecule has 3 rings (SSSR count). The molecule has 2 heterocycles. The predicted octanol–water partition coefficient (Wildman–Crippen LogP) is 2.49. The van der Waals surface area contributed by atoms with E-state index < -0.39 is 0 Å². The van der Waals surface area contributed by atoms with Crippen LogP contribution in [0.4, 0.5) is 0 Å². The molecule has 2 aromatic rings. The van der Waals surface area contributed by atoms with E-state index in [4.69, 9.17) is 0 Å². The number of rotatable bonds is 6. The number of carbonyl (C=O) groups excluding carboxylic acids is 1. The van der Waals surface area contributed by atoms with Crippen molar-refractivity contribution in [2.45, 2.75) is 20.0 Å². The number of nitrogens with zero attached hydrogens (tertiary/aromatic N) is 2. The standard InChI is InChI=1S/C19H25N3OS/c1-16-5-2-3-6-17(16)13-20-19(23)15-22-10-8-21(9-11-22)14-18-7-4-12-24-18/h2-7,12H,8-11,13-15H2,1H3,(H,20,23). The minimum absolute atomic E-state index is 0.116. The molecule has 0 atom stereocenters. The van der Waals surface area contributed by atoms with Crippen molar-refractivity contribution >= 4 is 17.2 Å². The summed E-state index contributed by atoms with van der Waals surface area (Å²) in [6, 6.07) is 12.5. The van der Waals surface area contributed by atoms with Gasteiger partial charge in [0.1, 0.15) is 0 Å². The molecule has 24 heavy (non-hydrogen) atoms. The second-order valence-corrected chi connectivity index (χ2v) is 7.37. The van der Waals surface area contributed by atoms with Gasteiger partial charge in [0.15, 0.2) is 0 Å². The number of piperazine rings is 1. The second kappa shape index (κ2) is 8.42. The van der Waals surface area contributed by atoms with Gasteiger partial charge >= 0.3 is 0 Å². The van der Waals surface area contributed by atoms with Gasteiger partial charge in [-0.1, -0.05) is 30.3 Å². The Hall–Kier alpha value is -1.69. The van der Waals surface area contributed by atoms with Crippen molar-refractivity contribution in [3.63, 3.8) is 0 Å². The minimum atomic E-state index is 0.116. The summed E-state index contributed by atoms with van der Waals surface area (Å²) in [7, 11) is 0. The van der Waals surface area contributed by atoms with Gasteiger partial charge in [-0.2, -0.15) is 0 Å². The van der Waals surface area contributed by atoms with Crippen LogP contribution in [0.25, 0.3) is 0 Å². The van der Waals surface area contributed by atoms with Gasteiger partial charge in [-0.05, 0) is 29.5 Å². The van der Waals surface area contributed by atoms with E-state index in [9.17, 15) is 4.79 Å². The summed E-state index contributed by atoms with van der Waals surface area (Å²) < 4.78 is 0. The van der Waals surface area contributed by atoms with Gasteiger partial charge in [-0.3, -0.25) is 14.6 Å². The van der Waals surface area contributed by atoms with Crippen LogP contribution < -0.4 is 5.32 Å². The van der Waals surface area contributed by atoms with Crippen LogP contribution in [-0.4, -0.2) is 48.4 Å². The average molecular weight is 343 g/mol. The van der Waals surface area contributed by atoms with Crippen molar-refractivity contribution < 1.29 is 4.79 Å². The maximum atomic E-state index is 12.2. The van der Waals surface area contributed by atoms with Crippen molar-refractivity contribution in [1.82, 2.24) is 15.1 Å². The number of aryl methyl sites for hydroxylation is 1. The Labute approximate surface area is 148 Å². The lowest BCUT2D eigenvalue weighted by molar-refractivity contribution is -0.122. The molecule has 1 fully saturated rings. The summed E-state index contributed by atoms with van der Waals surface area (Å²) in [5.74, 6) is 0.116. The molecule has 0 spiro atoms. The average Bonchev–Trinajstić information content (AvgIpc) is 3.09. The SMILES string of the molecule is Cc1ccccc1CNC(=O)CN1CCN(Cc2cccs2)CC1. The minimum Gasteiger partial charge on any atom is -0.351 e. The number of amides is 1. The predicted molar refractivity (Wildman–Crippen MR) is 99.1 cm³/mol. The zero-order valence-corrected chi connectivity index (χ0v) is 15.0. The van der Waals surface area contributed by atoms with Crippen molar-refractivity contribution in [2.24, 2.45) is 0 Å². The van der Waals surface area contributed by atoms with Crippen molar-refractivity contribution in [3.8, 4) is 0 Å². The Morgan fingerprint density at radius 2 is 1.83 bits per heavy atom. The number of carbonyl (C=O) groups is 1. The van der Waals surface area contributed by atoms with Gasteiger partial charge in [0.25, 0.3) is 0 Å². The Morgan fingerprint density at radius 3 is 2.54 bits per heavy atom. The largest absolute Gasteiger partial charge is 0.351 e. The lowest BCUT2D eigenvalue weighted by atomic mass is 10.1. The van der Waals surface area contributed by atoms with Gasteiger partial charge in [-0.25, -0.2) is 0 Å². The van der Waals surface area contributed by atoms with E-state index in [1.807, 2.05) is 23.5 Å². The molecule has 0 saturated carbocycles. The van der Waals surface area contributed by atoms with Crippen LogP contribution in [0.5, 0.6) is 0 Å². The molecule has 1 aromatic heterocycles. The van der Waals surface area contributed by atoms with Gasteiger partial charge < -0.3 is 5.32 Å². The highest BCUT2D eigenvalue weighted by Gasteiger charge is 2.19.